The highest BCUT2D eigenvalue weighted by molar-refractivity contribution is 14.1. The number of benzene rings is 2. The fourth-order valence-corrected chi connectivity index (χ4v) is 2.91. The molecule has 0 unspecified atom stereocenters. The number of nitrogens with one attached hydrogen (secondary N) is 2. The van der Waals surface area contributed by atoms with E-state index in [4.69, 9.17) is 17.0 Å². The van der Waals surface area contributed by atoms with Gasteiger partial charge in [0.15, 0.2) is 5.88 Å². The number of fused-ring (bicyclic) bond motifs is 1. The quantitative estimate of drug-likeness (QED) is 0.432. The van der Waals surface area contributed by atoms with Crippen molar-refractivity contribution in [3.63, 3.8) is 0 Å². The lowest BCUT2D eigenvalue weighted by Gasteiger charge is -2.04. The van der Waals surface area contributed by atoms with Crippen LogP contribution in [0.4, 0.5) is 0 Å². The van der Waals surface area contributed by atoms with Gasteiger partial charge in [0.1, 0.15) is 0 Å². The van der Waals surface area contributed by atoms with Crippen LogP contribution in [0.1, 0.15) is 11.1 Å². The zero-order valence-electron chi connectivity index (χ0n) is 10.2. The molecule has 3 nitrogen and oxygen atoms in total. The van der Waals surface area contributed by atoms with E-state index in [-0.39, 0.29) is 11.6 Å². The summed E-state index contributed by atoms with van der Waals surface area (Å²) in [5.74, 6) is -0.00821. The lowest BCUT2D eigenvalue weighted by atomic mass is 10.0. The highest BCUT2D eigenvalue weighted by Gasteiger charge is 2.17. The van der Waals surface area contributed by atoms with E-state index in [1.807, 2.05) is 30.3 Å². The van der Waals surface area contributed by atoms with Crippen molar-refractivity contribution < 1.29 is 5.11 Å². The Morgan fingerprint density at radius 1 is 1.20 bits per heavy atom. The third-order valence-electron chi connectivity index (χ3n) is 3.10. The van der Waals surface area contributed by atoms with Crippen molar-refractivity contribution in [3.05, 3.63) is 62.2 Å². The Morgan fingerprint density at radius 2 is 2.00 bits per heavy atom. The van der Waals surface area contributed by atoms with Crippen molar-refractivity contribution in [3.8, 4) is 5.88 Å². The van der Waals surface area contributed by atoms with Crippen LogP contribution >= 0.6 is 34.2 Å². The molecule has 3 rings (SSSR count). The summed E-state index contributed by atoms with van der Waals surface area (Å²) in [5, 5.41) is 19.8. The Hall–Kier alpha value is -1.53. The van der Waals surface area contributed by atoms with Crippen molar-refractivity contribution in [2.45, 2.75) is 0 Å². The number of H-pyrrole nitrogens is 1. The normalized spacial score (nSPS) is 10.9. The molecule has 2 aromatic carbocycles. The molecule has 3 N–H and O–H groups in total. The standard InChI is InChI=1S/C15H10ClIN2O/c16-9-4-5-11-12(7-9)19-15(20)13(11)14(18)8-2-1-3-10(17)6-8/h1-7,18-20H. The van der Waals surface area contributed by atoms with Gasteiger partial charge in [-0.2, -0.15) is 0 Å². The molecule has 0 fully saturated rings. The van der Waals surface area contributed by atoms with E-state index in [1.165, 1.54) is 0 Å². The number of hydrogen-bond donors (Lipinski definition) is 3. The summed E-state index contributed by atoms with van der Waals surface area (Å²) >= 11 is 8.14. The van der Waals surface area contributed by atoms with E-state index < -0.39 is 0 Å². The Kier molecular flexibility index (Phi) is 3.43. The molecule has 0 saturated heterocycles. The van der Waals surface area contributed by atoms with Crippen LogP contribution < -0.4 is 0 Å². The van der Waals surface area contributed by atoms with E-state index >= 15 is 0 Å². The summed E-state index contributed by atoms with van der Waals surface area (Å²) in [7, 11) is 0. The minimum absolute atomic E-state index is 0.00821. The molecular formula is C15H10ClIN2O. The number of aromatic amines is 1. The highest BCUT2D eigenvalue weighted by Crippen LogP contribution is 2.31. The number of rotatable bonds is 2. The highest BCUT2D eigenvalue weighted by atomic mass is 127. The van der Waals surface area contributed by atoms with Crippen LogP contribution in [0.15, 0.2) is 42.5 Å². The fraction of sp³-hybridized carbons (Fsp3) is 0. The van der Waals surface area contributed by atoms with Crippen LogP contribution in [0.5, 0.6) is 5.88 Å². The summed E-state index contributed by atoms with van der Waals surface area (Å²) < 4.78 is 1.05. The molecule has 0 spiro atoms. The van der Waals surface area contributed by atoms with Crippen LogP contribution in [0.3, 0.4) is 0 Å². The molecule has 0 radical (unpaired) electrons. The Morgan fingerprint density at radius 3 is 2.75 bits per heavy atom. The topological polar surface area (TPSA) is 59.9 Å². The van der Waals surface area contributed by atoms with Crippen molar-refractivity contribution in [1.82, 2.24) is 4.98 Å². The molecule has 5 heteroatoms. The second-order valence-corrected chi connectivity index (χ2v) is 6.11. The molecule has 100 valence electrons. The zero-order valence-corrected chi connectivity index (χ0v) is 13.2. The van der Waals surface area contributed by atoms with Crippen molar-refractivity contribution >= 4 is 50.8 Å². The Balaban J connectivity index is 2.19. The van der Waals surface area contributed by atoms with Crippen molar-refractivity contribution in [1.29, 1.82) is 5.41 Å². The van der Waals surface area contributed by atoms with Crippen LogP contribution in [-0.4, -0.2) is 15.8 Å². The van der Waals surface area contributed by atoms with Gasteiger partial charge in [-0.1, -0.05) is 29.8 Å². The average Bonchev–Trinajstić information content (AvgIpc) is 2.73. The van der Waals surface area contributed by atoms with Gasteiger partial charge in [-0.3, -0.25) is 5.41 Å². The van der Waals surface area contributed by atoms with Gasteiger partial charge in [-0.05, 0) is 46.9 Å². The predicted molar refractivity (Wildman–Crippen MR) is 90.1 cm³/mol. The molecule has 0 amide bonds. The molecule has 0 aliphatic rings. The summed E-state index contributed by atoms with van der Waals surface area (Å²) in [6.07, 6.45) is 0. The van der Waals surface area contributed by atoms with Crippen LogP contribution in [-0.2, 0) is 0 Å². The molecule has 20 heavy (non-hydrogen) atoms. The lowest BCUT2D eigenvalue weighted by Crippen LogP contribution is -2.01. The van der Waals surface area contributed by atoms with Crippen LogP contribution in [0.25, 0.3) is 10.9 Å². The number of aromatic hydroxyl groups is 1. The van der Waals surface area contributed by atoms with Gasteiger partial charge in [-0.25, -0.2) is 0 Å². The summed E-state index contributed by atoms with van der Waals surface area (Å²) in [6.45, 7) is 0. The first-order valence-electron chi connectivity index (χ1n) is 5.91. The number of halogens is 2. The van der Waals surface area contributed by atoms with Crippen LogP contribution in [0, 0.1) is 8.98 Å². The monoisotopic (exact) mass is 396 g/mol. The molecule has 0 aliphatic carbocycles. The summed E-state index contributed by atoms with van der Waals surface area (Å²) in [5.41, 5.74) is 2.27. The second-order valence-electron chi connectivity index (χ2n) is 4.42. The smallest absolute Gasteiger partial charge is 0.199 e. The summed E-state index contributed by atoms with van der Waals surface area (Å²) in [4.78, 5) is 2.86. The van der Waals surface area contributed by atoms with E-state index in [0.717, 1.165) is 20.0 Å². The molecule has 0 saturated carbocycles. The molecule has 0 aliphatic heterocycles. The molecule has 1 heterocycles. The third-order valence-corrected chi connectivity index (χ3v) is 4.01. The van der Waals surface area contributed by atoms with E-state index in [1.54, 1.807) is 12.1 Å². The molecule has 1 aromatic heterocycles. The van der Waals surface area contributed by atoms with E-state index in [0.29, 0.717) is 10.6 Å². The first kappa shape index (κ1) is 13.5. The third kappa shape index (κ3) is 2.29. The first-order valence-corrected chi connectivity index (χ1v) is 7.37. The second kappa shape index (κ2) is 5.10. The Bertz CT molecular complexity index is 826. The number of hydrogen-bond acceptors (Lipinski definition) is 2. The summed E-state index contributed by atoms with van der Waals surface area (Å²) in [6, 6.07) is 12.9. The van der Waals surface area contributed by atoms with Crippen LogP contribution in [0.2, 0.25) is 5.02 Å². The molecule has 3 aromatic rings. The molecular weight excluding hydrogens is 387 g/mol. The van der Waals surface area contributed by atoms with Gasteiger partial charge in [0.25, 0.3) is 0 Å². The van der Waals surface area contributed by atoms with Gasteiger partial charge in [0, 0.05) is 19.5 Å². The van der Waals surface area contributed by atoms with E-state index in [9.17, 15) is 5.11 Å². The molecule has 0 atom stereocenters. The zero-order chi connectivity index (χ0) is 14.3. The van der Waals surface area contributed by atoms with Crippen molar-refractivity contribution in [2.75, 3.05) is 0 Å². The maximum atomic E-state index is 10.1. The Labute approximate surface area is 134 Å². The van der Waals surface area contributed by atoms with Crippen molar-refractivity contribution in [2.24, 2.45) is 0 Å². The number of aromatic nitrogens is 1. The minimum Gasteiger partial charge on any atom is -0.494 e. The molecule has 0 bridgehead atoms. The van der Waals surface area contributed by atoms with Gasteiger partial charge in [0.05, 0.1) is 16.8 Å². The lowest BCUT2D eigenvalue weighted by molar-refractivity contribution is 0.457. The van der Waals surface area contributed by atoms with Gasteiger partial charge >= 0.3 is 0 Å². The van der Waals surface area contributed by atoms with Gasteiger partial charge in [-0.15, -0.1) is 0 Å². The predicted octanol–water partition coefficient (Wildman–Crippen LogP) is 4.55. The van der Waals surface area contributed by atoms with Gasteiger partial charge in [0.2, 0.25) is 0 Å². The fourth-order valence-electron chi connectivity index (χ4n) is 2.20. The van der Waals surface area contributed by atoms with E-state index in [2.05, 4.69) is 27.6 Å². The average molecular weight is 397 g/mol. The largest absolute Gasteiger partial charge is 0.494 e. The van der Waals surface area contributed by atoms with Gasteiger partial charge < -0.3 is 10.1 Å². The minimum atomic E-state index is -0.00821. The maximum Gasteiger partial charge on any atom is 0.199 e. The SMILES string of the molecule is N=C(c1cccc(I)c1)c1c(O)[nH]c2cc(Cl)ccc12. The maximum absolute atomic E-state index is 10.1. The first-order chi connectivity index (χ1) is 9.56.